The van der Waals surface area contributed by atoms with Crippen molar-refractivity contribution in [2.75, 3.05) is 37.6 Å². The molecule has 1 aromatic heterocycles. The normalized spacial score (nSPS) is 19.3. The summed E-state index contributed by atoms with van der Waals surface area (Å²) in [6.07, 6.45) is 0.779. The van der Waals surface area contributed by atoms with Crippen LogP contribution < -0.4 is 20.5 Å². The minimum atomic E-state index is -1.12. The van der Waals surface area contributed by atoms with Gasteiger partial charge in [0.25, 0.3) is 0 Å². The average Bonchev–Trinajstić information content (AvgIpc) is 3.15. The van der Waals surface area contributed by atoms with E-state index in [1.165, 1.54) is 29.2 Å². The van der Waals surface area contributed by atoms with E-state index in [9.17, 15) is 29.3 Å². The van der Waals surface area contributed by atoms with Crippen LogP contribution in [0.3, 0.4) is 0 Å². The molecule has 10 nitrogen and oxygen atoms in total. The van der Waals surface area contributed by atoms with Crippen LogP contribution in [-0.4, -0.2) is 64.0 Å². The average molecular weight is 707 g/mol. The van der Waals surface area contributed by atoms with Crippen molar-refractivity contribution in [3.63, 3.8) is 0 Å². The number of phenolic OH excluding ortho intramolecular Hbond substituents is 1. The fraction of sp³-hybridized carbons (Fsp3) is 0.317. The van der Waals surface area contributed by atoms with E-state index >= 15 is 0 Å². The van der Waals surface area contributed by atoms with Crippen molar-refractivity contribution in [2.24, 2.45) is 11.8 Å². The third kappa shape index (κ3) is 7.81. The molecule has 2 bridgehead atoms. The van der Waals surface area contributed by atoms with Crippen molar-refractivity contribution in [1.29, 1.82) is 0 Å². The Kier molecular flexibility index (Phi) is 10.5. The summed E-state index contributed by atoms with van der Waals surface area (Å²) in [7, 11) is 0. The number of benzene rings is 4. The molecular formula is C41H43FN4O6. The van der Waals surface area contributed by atoms with Crippen LogP contribution in [0.4, 0.5) is 14.9 Å². The minimum Gasteiger partial charge on any atom is -0.506 e. The molecule has 0 saturated carbocycles. The van der Waals surface area contributed by atoms with E-state index in [4.69, 9.17) is 4.74 Å². The highest BCUT2D eigenvalue weighted by molar-refractivity contribution is 5.88. The molecule has 11 heteroatoms. The number of halogens is 1. The van der Waals surface area contributed by atoms with E-state index in [0.29, 0.717) is 53.4 Å². The zero-order chi connectivity index (χ0) is 36.2. The SMILES string of the molecule is O=C(O)N(c1cccc(F)c1)[C@@H](c1cccc(OCc2cccc(CCNC[C@H](O)c3ccc(O)c4[nH]c(=O)ccc34)c2)c1)C1CN2CCC1CC2. The summed E-state index contributed by atoms with van der Waals surface area (Å²) in [5.74, 6) is 0.517. The summed E-state index contributed by atoms with van der Waals surface area (Å²) in [6, 6.07) is 27.1. The lowest BCUT2D eigenvalue weighted by molar-refractivity contribution is 0.0358. The predicted octanol–water partition coefficient (Wildman–Crippen LogP) is 6.39. The van der Waals surface area contributed by atoms with Gasteiger partial charge in [0.05, 0.1) is 23.3 Å². The topological polar surface area (TPSA) is 138 Å². The van der Waals surface area contributed by atoms with E-state index in [1.54, 1.807) is 24.3 Å². The van der Waals surface area contributed by atoms with Crippen molar-refractivity contribution in [3.8, 4) is 11.5 Å². The third-order valence-corrected chi connectivity index (χ3v) is 10.5. The molecule has 5 N–H and O–H groups in total. The summed E-state index contributed by atoms with van der Waals surface area (Å²) in [6.45, 7) is 4.04. The molecule has 8 rings (SSSR count). The maximum atomic E-state index is 14.4. The summed E-state index contributed by atoms with van der Waals surface area (Å²) in [4.78, 5) is 31.0. The lowest BCUT2D eigenvalue weighted by atomic mass is 9.73. The van der Waals surface area contributed by atoms with Crippen LogP contribution in [0, 0.1) is 17.7 Å². The molecule has 3 fully saturated rings. The minimum absolute atomic E-state index is 0.0486. The number of pyridine rings is 1. The number of nitrogens with zero attached hydrogens (tertiary/aromatic N) is 2. The molecule has 52 heavy (non-hydrogen) atoms. The molecule has 270 valence electrons. The first-order valence-corrected chi connectivity index (χ1v) is 17.8. The number of aromatic nitrogens is 1. The van der Waals surface area contributed by atoms with Gasteiger partial charge in [-0.3, -0.25) is 9.69 Å². The third-order valence-electron chi connectivity index (χ3n) is 10.5. The smallest absolute Gasteiger partial charge is 0.412 e. The predicted molar refractivity (Wildman–Crippen MR) is 197 cm³/mol. The van der Waals surface area contributed by atoms with Crippen molar-refractivity contribution in [2.45, 2.75) is 38.0 Å². The number of piperidine rings is 3. The molecule has 3 aliphatic rings. The number of fused-ring (bicyclic) bond motifs is 4. The summed E-state index contributed by atoms with van der Waals surface area (Å²) in [5.41, 5.74) is 3.79. The fourth-order valence-corrected chi connectivity index (χ4v) is 7.93. The van der Waals surface area contributed by atoms with Gasteiger partial charge >= 0.3 is 6.09 Å². The number of hydrogen-bond donors (Lipinski definition) is 5. The van der Waals surface area contributed by atoms with Crippen molar-refractivity contribution in [1.82, 2.24) is 15.2 Å². The van der Waals surface area contributed by atoms with Crippen molar-refractivity contribution in [3.05, 3.63) is 135 Å². The van der Waals surface area contributed by atoms with E-state index < -0.39 is 24.1 Å². The number of nitrogens with one attached hydrogen (secondary N) is 2. The van der Waals surface area contributed by atoms with Crippen LogP contribution in [0.2, 0.25) is 0 Å². The molecule has 0 spiro atoms. The quantitative estimate of drug-likeness (QED) is 0.0890. The largest absolute Gasteiger partial charge is 0.506 e. The van der Waals surface area contributed by atoms with Gasteiger partial charge in [-0.25, -0.2) is 9.18 Å². The Bertz CT molecular complexity index is 2100. The van der Waals surface area contributed by atoms with Crippen LogP contribution in [0.1, 0.15) is 47.2 Å². The Morgan fingerprint density at radius 2 is 1.77 bits per heavy atom. The monoisotopic (exact) mass is 706 g/mol. The van der Waals surface area contributed by atoms with Crippen LogP contribution in [0.25, 0.3) is 10.9 Å². The Morgan fingerprint density at radius 3 is 2.54 bits per heavy atom. The molecule has 4 heterocycles. The van der Waals surface area contributed by atoms with E-state index in [0.717, 1.165) is 49.2 Å². The highest BCUT2D eigenvalue weighted by atomic mass is 19.1. The number of phenols is 1. The number of aromatic hydroxyl groups is 1. The molecule has 1 amide bonds. The number of anilines is 1. The van der Waals surface area contributed by atoms with Gasteiger partial charge in [0.1, 0.15) is 23.9 Å². The number of aliphatic hydroxyl groups is 1. The Labute approximate surface area is 301 Å². The molecule has 4 aromatic carbocycles. The van der Waals surface area contributed by atoms with Crippen LogP contribution in [0.5, 0.6) is 11.5 Å². The fourth-order valence-electron chi connectivity index (χ4n) is 7.93. The van der Waals surface area contributed by atoms with Crippen LogP contribution >= 0.6 is 0 Å². The van der Waals surface area contributed by atoms with Gasteiger partial charge in [-0.15, -0.1) is 0 Å². The number of carboxylic acid groups (broad SMARTS) is 1. The second-order valence-electron chi connectivity index (χ2n) is 13.8. The number of carbonyl (C=O) groups is 1. The maximum absolute atomic E-state index is 14.4. The van der Waals surface area contributed by atoms with Crippen LogP contribution in [-0.2, 0) is 13.0 Å². The lowest BCUT2D eigenvalue weighted by Crippen LogP contribution is -2.53. The highest BCUT2D eigenvalue weighted by Gasteiger charge is 2.43. The van der Waals surface area contributed by atoms with E-state index in [-0.39, 0.29) is 23.8 Å². The first-order chi connectivity index (χ1) is 25.2. The zero-order valence-corrected chi connectivity index (χ0v) is 28.7. The molecular weight excluding hydrogens is 663 g/mol. The number of hydrogen-bond acceptors (Lipinski definition) is 7. The Balaban J connectivity index is 1.01. The number of H-pyrrole nitrogens is 1. The maximum Gasteiger partial charge on any atom is 0.412 e. The summed E-state index contributed by atoms with van der Waals surface area (Å²) in [5, 5.41) is 35.4. The number of ether oxygens (including phenoxy) is 1. The molecule has 3 aliphatic heterocycles. The number of aliphatic hydroxyl groups excluding tert-OH is 1. The van der Waals surface area contributed by atoms with Gasteiger partial charge in [-0.1, -0.05) is 48.5 Å². The number of rotatable bonds is 13. The van der Waals surface area contributed by atoms with Gasteiger partial charge in [0.2, 0.25) is 5.56 Å². The molecule has 3 atom stereocenters. The standard InChI is InChI=1S/C41H43FN4O6/c42-30-7-3-8-31(22-30)46(41(50)51)40(35-24-45-18-15-28(35)16-19-45)29-6-2-9-32(21-29)52-25-27-5-1-4-26(20-27)14-17-43-23-37(48)33-10-12-36(47)39-34(33)11-13-38(49)44-39/h1-13,20-22,28,35,37,40,43,47-48H,14-19,23-25H2,(H,44,49)(H,50,51)/t35?,37-,40-/m0/s1. The Hall–Kier alpha value is -5.23. The van der Waals surface area contributed by atoms with Gasteiger partial charge in [-0.2, -0.15) is 0 Å². The zero-order valence-electron chi connectivity index (χ0n) is 28.7. The van der Waals surface area contributed by atoms with Gasteiger partial charge in [0.15, 0.2) is 0 Å². The molecule has 0 radical (unpaired) electrons. The number of aromatic amines is 1. The van der Waals surface area contributed by atoms with Crippen molar-refractivity contribution < 1.29 is 29.2 Å². The van der Waals surface area contributed by atoms with Crippen LogP contribution in [0.15, 0.2) is 102 Å². The molecule has 0 aliphatic carbocycles. The summed E-state index contributed by atoms with van der Waals surface area (Å²) < 4.78 is 20.7. The lowest BCUT2D eigenvalue weighted by Gasteiger charge is -2.49. The first-order valence-electron chi connectivity index (χ1n) is 17.8. The van der Waals surface area contributed by atoms with Gasteiger partial charge < -0.3 is 35.3 Å². The second kappa shape index (κ2) is 15.6. The Morgan fingerprint density at radius 1 is 0.981 bits per heavy atom. The van der Waals surface area contributed by atoms with E-state index in [2.05, 4.69) is 21.3 Å². The second-order valence-corrected chi connectivity index (χ2v) is 13.8. The highest BCUT2D eigenvalue weighted by Crippen LogP contribution is 2.45. The molecule has 1 unspecified atom stereocenters. The van der Waals surface area contributed by atoms with Gasteiger partial charge in [0, 0.05) is 24.5 Å². The number of amides is 1. The van der Waals surface area contributed by atoms with Gasteiger partial charge in [-0.05, 0) is 115 Å². The molecule has 5 aromatic rings. The first kappa shape index (κ1) is 35.2. The van der Waals surface area contributed by atoms with Crippen molar-refractivity contribution >= 4 is 22.7 Å². The van der Waals surface area contributed by atoms with E-state index in [1.807, 2.05) is 42.5 Å². The summed E-state index contributed by atoms with van der Waals surface area (Å²) >= 11 is 0. The molecule has 3 saturated heterocycles.